The molecule has 0 unspecified atom stereocenters. The minimum absolute atomic E-state index is 0.107. The molecule has 0 saturated heterocycles. The van der Waals surface area contributed by atoms with Crippen LogP contribution in [0.15, 0.2) is 30.3 Å². The molecule has 23 heavy (non-hydrogen) atoms. The zero-order valence-corrected chi connectivity index (χ0v) is 15.3. The van der Waals surface area contributed by atoms with Crippen LogP contribution in [-0.2, 0) is 0 Å². The predicted molar refractivity (Wildman–Crippen MR) is 101 cm³/mol. The molecule has 0 aliphatic rings. The van der Waals surface area contributed by atoms with Gasteiger partial charge in [-0.15, -0.1) is 0 Å². The zero-order valence-electron chi connectivity index (χ0n) is 15.3. The van der Waals surface area contributed by atoms with E-state index in [2.05, 4.69) is 19.2 Å². The van der Waals surface area contributed by atoms with E-state index in [-0.39, 0.29) is 6.04 Å². The van der Waals surface area contributed by atoms with Crippen molar-refractivity contribution < 1.29 is 5.11 Å². The Kier molecular flexibility index (Phi) is 11.9. The highest BCUT2D eigenvalue weighted by Crippen LogP contribution is 2.16. The molecule has 1 rings (SSSR count). The summed E-state index contributed by atoms with van der Waals surface area (Å²) in [4.78, 5) is 0. The number of unbranched alkanes of at least 4 members (excludes halogenated alkanes) is 9. The predicted octanol–water partition coefficient (Wildman–Crippen LogP) is 5.62. The van der Waals surface area contributed by atoms with Crippen molar-refractivity contribution in [3.63, 3.8) is 0 Å². The summed E-state index contributed by atoms with van der Waals surface area (Å²) < 4.78 is 0. The van der Waals surface area contributed by atoms with E-state index in [0.29, 0.717) is 0 Å². The van der Waals surface area contributed by atoms with Crippen LogP contribution in [0.25, 0.3) is 0 Å². The van der Waals surface area contributed by atoms with Crippen LogP contribution in [0.3, 0.4) is 0 Å². The normalized spacial score (nSPS) is 13.9. The van der Waals surface area contributed by atoms with E-state index in [0.717, 1.165) is 12.1 Å². The highest BCUT2D eigenvalue weighted by Gasteiger charge is 2.14. The van der Waals surface area contributed by atoms with Gasteiger partial charge in [-0.3, -0.25) is 0 Å². The third-order valence-corrected chi connectivity index (χ3v) is 4.61. The molecule has 2 nitrogen and oxygen atoms in total. The fraction of sp³-hybridized carbons (Fsp3) is 0.714. The van der Waals surface area contributed by atoms with E-state index >= 15 is 0 Å². The number of aliphatic hydroxyl groups is 1. The molecular formula is C21H37NO. The smallest absolute Gasteiger partial charge is 0.0940 e. The van der Waals surface area contributed by atoms with Gasteiger partial charge in [-0.25, -0.2) is 0 Å². The maximum atomic E-state index is 10.3. The molecule has 0 aliphatic carbocycles. The highest BCUT2D eigenvalue weighted by atomic mass is 16.3. The van der Waals surface area contributed by atoms with Gasteiger partial charge < -0.3 is 10.4 Å². The van der Waals surface area contributed by atoms with E-state index < -0.39 is 6.10 Å². The Hall–Kier alpha value is -0.860. The first-order valence-electron chi connectivity index (χ1n) is 9.72. The minimum Gasteiger partial charge on any atom is -0.387 e. The van der Waals surface area contributed by atoms with Gasteiger partial charge in [0.1, 0.15) is 0 Å². The van der Waals surface area contributed by atoms with Crippen molar-refractivity contribution >= 4 is 0 Å². The summed E-state index contributed by atoms with van der Waals surface area (Å²) >= 11 is 0. The second-order valence-corrected chi connectivity index (χ2v) is 6.78. The molecule has 0 fully saturated rings. The van der Waals surface area contributed by atoms with Crippen LogP contribution in [0.1, 0.15) is 89.7 Å². The van der Waals surface area contributed by atoms with E-state index in [1.807, 2.05) is 30.3 Å². The number of hydrogen-bond donors (Lipinski definition) is 2. The van der Waals surface area contributed by atoms with Crippen molar-refractivity contribution in [2.75, 3.05) is 6.54 Å². The highest BCUT2D eigenvalue weighted by molar-refractivity contribution is 5.18. The van der Waals surface area contributed by atoms with Crippen molar-refractivity contribution in [3.8, 4) is 0 Å². The van der Waals surface area contributed by atoms with Crippen LogP contribution in [-0.4, -0.2) is 17.7 Å². The minimum atomic E-state index is -0.417. The number of aliphatic hydroxyl groups excluding tert-OH is 1. The van der Waals surface area contributed by atoms with Gasteiger partial charge in [-0.1, -0.05) is 95.0 Å². The van der Waals surface area contributed by atoms with Crippen LogP contribution in [0.5, 0.6) is 0 Å². The maximum Gasteiger partial charge on any atom is 0.0940 e. The fourth-order valence-corrected chi connectivity index (χ4v) is 2.99. The quantitative estimate of drug-likeness (QED) is 0.436. The molecule has 0 spiro atoms. The fourth-order valence-electron chi connectivity index (χ4n) is 2.99. The molecule has 0 heterocycles. The van der Waals surface area contributed by atoms with Gasteiger partial charge >= 0.3 is 0 Å². The lowest BCUT2D eigenvalue weighted by Crippen LogP contribution is -2.32. The summed E-state index contributed by atoms with van der Waals surface area (Å²) in [5, 5.41) is 13.7. The molecule has 0 aliphatic heterocycles. The maximum absolute atomic E-state index is 10.3. The number of hydrogen-bond acceptors (Lipinski definition) is 2. The molecule has 2 atom stereocenters. The summed E-state index contributed by atoms with van der Waals surface area (Å²) in [7, 11) is 0. The summed E-state index contributed by atoms with van der Waals surface area (Å²) in [6.45, 7) is 5.34. The van der Waals surface area contributed by atoms with E-state index in [4.69, 9.17) is 0 Å². The molecule has 1 aromatic rings. The zero-order chi connectivity index (χ0) is 16.8. The average Bonchev–Trinajstić information content (AvgIpc) is 2.59. The van der Waals surface area contributed by atoms with Gasteiger partial charge in [0.15, 0.2) is 0 Å². The van der Waals surface area contributed by atoms with Crippen LogP contribution in [0.4, 0.5) is 0 Å². The first-order chi connectivity index (χ1) is 11.3. The topological polar surface area (TPSA) is 32.3 Å². The van der Waals surface area contributed by atoms with E-state index in [1.165, 1.54) is 64.2 Å². The van der Waals surface area contributed by atoms with Gasteiger partial charge in [0.2, 0.25) is 0 Å². The second-order valence-electron chi connectivity index (χ2n) is 6.78. The van der Waals surface area contributed by atoms with Crippen molar-refractivity contribution in [1.29, 1.82) is 0 Å². The van der Waals surface area contributed by atoms with Crippen molar-refractivity contribution in [1.82, 2.24) is 5.32 Å². The van der Waals surface area contributed by atoms with Gasteiger partial charge in [0.25, 0.3) is 0 Å². The Balaban J connectivity index is 1.94. The molecule has 132 valence electrons. The lowest BCUT2D eigenvalue weighted by molar-refractivity contribution is 0.136. The van der Waals surface area contributed by atoms with Crippen LogP contribution in [0, 0.1) is 0 Å². The third kappa shape index (κ3) is 9.78. The Morgan fingerprint density at radius 1 is 0.826 bits per heavy atom. The summed E-state index contributed by atoms with van der Waals surface area (Å²) in [6.07, 6.45) is 13.2. The second kappa shape index (κ2) is 13.6. The molecule has 1 aromatic carbocycles. The molecule has 0 bridgehead atoms. The van der Waals surface area contributed by atoms with Crippen molar-refractivity contribution in [2.45, 2.75) is 90.2 Å². The lowest BCUT2D eigenvalue weighted by atomic mass is 10.0. The molecule has 2 N–H and O–H groups in total. The van der Waals surface area contributed by atoms with Gasteiger partial charge in [0.05, 0.1) is 6.10 Å². The molecule has 0 aromatic heterocycles. The first-order valence-corrected chi connectivity index (χ1v) is 9.72. The SMILES string of the molecule is CCCCCCCCCCCCN[C@@H](C)[C@H](O)c1ccccc1. The van der Waals surface area contributed by atoms with Gasteiger partial charge in [0, 0.05) is 6.04 Å². The average molecular weight is 320 g/mol. The standard InChI is InChI=1S/C21H37NO/c1-3-4-5-6-7-8-9-10-11-15-18-22-19(2)21(23)20-16-13-12-14-17-20/h12-14,16-17,19,21-23H,3-11,15,18H2,1-2H3/t19-,21-/m0/s1. The lowest BCUT2D eigenvalue weighted by Gasteiger charge is -2.20. The Morgan fingerprint density at radius 3 is 1.91 bits per heavy atom. The molecular weight excluding hydrogens is 282 g/mol. The van der Waals surface area contributed by atoms with Crippen molar-refractivity contribution in [3.05, 3.63) is 35.9 Å². The van der Waals surface area contributed by atoms with E-state index in [9.17, 15) is 5.11 Å². The monoisotopic (exact) mass is 319 g/mol. The number of rotatable bonds is 14. The van der Waals surface area contributed by atoms with Crippen molar-refractivity contribution in [2.24, 2.45) is 0 Å². The first kappa shape index (κ1) is 20.2. The number of nitrogens with one attached hydrogen (secondary N) is 1. The summed E-state index contributed by atoms with van der Waals surface area (Å²) in [5.74, 6) is 0. The summed E-state index contributed by atoms with van der Waals surface area (Å²) in [5.41, 5.74) is 0.996. The molecule has 0 amide bonds. The Morgan fingerprint density at radius 2 is 1.35 bits per heavy atom. The Bertz CT molecular complexity index is 365. The molecule has 0 radical (unpaired) electrons. The van der Waals surface area contributed by atoms with Crippen LogP contribution >= 0.6 is 0 Å². The largest absolute Gasteiger partial charge is 0.387 e. The Labute approximate surface area is 143 Å². The molecule has 0 saturated carbocycles. The molecule has 2 heteroatoms. The summed E-state index contributed by atoms with van der Waals surface area (Å²) in [6, 6.07) is 10.0. The van der Waals surface area contributed by atoms with E-state index in [1.54, 1.807) is 0 Å². The van der Waals surface area contributed by atoms with Gasteiger partial charge in [-0.05, 0) is 25.5 Å². The van der Waals surface area contributed by atoms with Crippen LogP contribution < -0.4 is 5.32 Å². The van der Waals surface area contributed by atoms with Gasteiger partial charge in [-0.2, -0.15) is 0 Å². The van der Waals surface area contributed by atoms with Crippen LogP contribution in [0.2, 0.25) is 0 Å². The number of benzene rings is 1. The third-order valence-electron chi connectivity index (χ3n) is 4.61.